The number of nitrogens with zero attached hydrogens (tertiary/aromatic N) is 3. The highest BCUT2D eigenvalue weighted by atomic mass is 19.1. The molecule has 0 radical (unpaired) electrons. The van der Waals surface area contributed by atoms with Gasteiger partial charge >= 0.3 is 0 Å². The van der Waals surface area contributed by atoms with E-state index in [1.165, 1.54) is 12.1 Å². The van der Waals surface area contributed by atoms with E-state index in [-0.39, 0.29) is 5.82 Å². The molecule has 106 valence electrons. The molecule has 0 aliphatic heterocycles. The molecule has 0 amide bonds. The zero-order valence-corrected chi connectivity index (χ0v) is 12.0. The molecule has 0 fully saturated rings. The van der Waals surface area contributed by atoms with Gasteiger partial charge in [-0.3, -0.25) is 0 Å². The van der Waals surface area contributed by atoms with Crippen molar-refractivity contribution in [1.29, 1.82) is 0 Å². The van der Waals surface area contributed by atoms with Gasteiger partial charge in [0.1, 0.15) is 23.3 Å². The van der Waals surface area contributed by atoms with E-state index in [0.29, 0.717) is 6.54 Å². The lowest BCUT2D eigenvalue weighted by Gasteiger charge is -2.19. The summed E-state index contributed by atoms with van der Waals surface area (Å²) < 4.78 is 13.2. The highest BCUT2D eigenvalue weighted by Crippen LogP contribution is 2.17. The van der Waals surface area contributed by atoms with E-state index in [1.54, 1.807) is 6.07 Å². The molecule has 0 spiro atoms. The van der Waals surface area contributed by atoms with E-state index in [4.69, 9.17) is 0 Å². The number of benzene rings is 1. The minimum absolute atomic E-state index is 0.219. The van der Waals surface area contributed by atoms with Crippen molar-refractivity contribution < 1.29 is 4.39 Å². The summed E-state index contributed by atoms with van der Waals surface area (Å²) in [5.74, 6) is 2.19. The van der Waals surface area contributed by atoms with Crippen LogP contribution in [-0.4, -0.2) is 24.1 Å². The average molecular weight is 274 g/mol. The first kappa shape index (κ1) is 14.2. The van der Waals surface area contributed by atoms with Gasteiger partial charge in [0.15, 0.2) is 0 Å². The monoisotopic (exact) mass is 274 g/mol. The molecule has 0 atom stereocenters. The molecule has 0 unspecified atom stereocenters. The molecule has 0 saturated heterocycles. The van der Waals surface area contributed by atoms with Gasteiger partial charge in [-0.05, 0) is 17.7 Å². The Morgan fingerprint density at radius 3 is 2.70 bits per heavy atom. The van der Waals surface area contributed by atoms with Gasteiger partial charge in [-0.25, -0.2) is 14.4 Å². The fourth-order valence-electron chi connectivity index (χ4n) is 1.96. The van der Waals surface area contributed by atoms with Crippen LogP contribution in [0.4, 0.5) is 16.0 Å². The first-order valence-electron chi connectivity index (χ1n) is 6.63. The molecule has 5 heteroatoms. The number of anilines is 2. The predicted molar refractivity (Wildman–Crippen MR) is 79.5 cm³/mol. The Kier molecular flexibility index (Phi) is 4.50. The van der Waals surface area contributed by atoms with Crippen LogP contribution in [0.25, 0.3) is 0 Å². The molecular formula is C15H19FN4. The highest BCUT2D eigenvalue weighted by Gasteiger charge is 2.08. The molecule has 0 bridgehead atoms. The molecular weight excluding hydrogens is 255 g/mol. The third-order valence-corrected chi connectivity index (χ3v) is 3.03. The minimum Gasteiger partial charge on any atom is -0.373 e. The minimum atomic E-state index is -0.219. The zero-order valence-electron chi connectivity index (χ0n) is 12.0. The van der Waals surface area contributed by atoms with Crippen LogP contribution in [0, 0.1) is 5.82 Å². The average Bonchev–Trinajstić information content (AvgIpc) is 2.46. The van der Waals surface area contributed by atoms with Crippen molar-refractivity contribution >= 4 is 11.6 Å². The van der Waals surface area contributed by atoms with Crippen LogP contribution < -0.4 is 10.2 Å². The predicted octanol–water partition coefficient (Wildman–Crippen LogP) is 2.86. The number of aromatic nitrogens is 2. The molecule has 2 aromatic rings. The molecule has 2 rings (SSSR count). The molecule has 1 aromatic carbocycles. The standard InChI is InChI=1S/C15H19FN4/c1-4-13-18-14(17-2)9-15(19-13)20(3)10-11-6-5-7-12(16)8-11/h5-9H,4,10H2,1-3H3,(H,17,18,19). The van der Waals surface area contributed by atoms with Crippen molar-refractivity contribution in [3.8, 4) is 0 Å². The van der Waals surface area contributed by atoms with Crippen LogP contribution in [0.15, 0.2) is 30.3 Å². The van der Waals surface area contributed by atoms with Gasteiger partial charge in [0, 0.05) is 33.1 Å². The van der Waals surface area contributed by atoms with Crippen LogP contribution >= 0.6 is 0 Å². The van der Waals surface area contributed by atoms with E-state index in [9.17, 15) is 4.39 Å². The summed E-state index contributed by atoms with van der Waals surface area (Å²) >= 11 is 0. The van der Waals surface area contributed by atoms with Crippen molar-refractivity contribution in [3.05, 3.63) is 47.5 Å². The summed E-state index contributed by atoms with van der Waals surface area (Å²) in [5.41, 5.74) is 0.912. The first-order chi connectivity index (χ1) is 9.62. The van der Waals surface area contributed by atoms with Crippen molar-refractivity contribution in [2.45, 2.75) is 19.9 Å². The number of hydrogen-bond donors (Lipinski definition) is 1. The molecule has 0 aliphatic rings. The summed E-state index contributed by atoms with van der Waals surface area (Å²) in [5, 5.41) is 3.03. The number of rotatable bonds is 5. The molecule has 0 saturated carbocycles. The van der Waals surface area contributed by atoms with Gasteiger partial charge < -0.3 is 10.2 Å². The summed E-state index contributed by atoms with van der Waals surface area (Å²) in [6.45, 7) is 2.62. The van der Waals surface area contributed by atoms with Gasteiger partial charge in [-0.2, -0.15) is 0 Å². The third-order valence-electron chi connectivity index (χ3n) is 3.03. The van der Waals surface area contributed by atoms with E-state index >= 15 is 0 Å². The van der Waals surface area contributed by atoms with Gasteiger partial charge in [-0.1, -0.05) is 19.1 Å². The molecule has 20 heavy (non-hydrogen) atoms. The quantitative estimate of drug-likeness (QED) is 0.910. The van der Waals surface area contributed by atoms with E-state index < -0.39 is 0 Å². The largest absolute Gasteiger partial charge is 0.373 e. The summed E-state index contributed by atoms with van der Waals surface area (Å²) in [6, 6.07) is 8.49. The Balaban J connectivity index is 2.22. The topological polar surface area (TPSA) is 41.1 Å². The Morgan fingerprint density at radius 2 is 2.05 bits per heavy atom. The summed E-state index contributed by atoms with van der Waals surface area (Å²) in [7, 11) is 3.77. The fraction of sp³-hybridized carbons (Fsp3) is 0.333. The fourth-order valence-corrected chi connectivity index (χ4v) is 1.96. The smallest absolute Gasteiger partial charge is 0.134 e. The van der Waals surface area contributed by atoms with Crippen LogP contribution in [0.3, 0.4) is 0 Å². The second-order valence-corrected chi connectivity index (χ2v) is 4.62. The molecule has 0 aliphatic carbocycles. The van der Waals surface area contributed by atoms with Gasteiger partial charge in [-0.15, -0.1) is 0 Å². The number of aryl methyl sites for hydroxylation is 1. The van der Waals surface area contributed by atoms with Crippen LogP contribution in [0.2, 0.25) is 0 Å². The highest BCUT2D eigenvalue weighted by molar-refractivity contribution is 5.49. The van der Waals surface area contributed by atoms with Crippen LogP contribution in [-0.2, 0) is 13.0 Å². The Labute approximate surface area is 118 Å². The Hall–Kier alpha value is -2.17. The maximum Gasteiger partial charge on any atom is 0.134 e. The lowest BCUT2D eigenvalue weighted by Crippen LogP contribution is -2.19. The first-order valence-corrected chi connectivity index (χ1v) is 6.63. The second-order valence-electron chi connectivity index (χ2n) is 4.62. The molecule has 4 nitrogen and oxygen atoms in total. The Bertz CT molecular complexity index is 564. The molecule has 1 N–H and O–H groups in total. The third kappa shape index (κ3) is 3.44. The van der Waals surface area contributed by atoms with Crippen molar-refractivity contribution in [2.75, 3.05) is 24.3 Å². The summed E-state index contributed by atoms with van der Waals surface area (Å²) in [4.78, 5) is 10.8. The van der Waals surface area contributed by atoms with E-state index in [1.807, 2.05) is 38.1 Å². The SMILES string of the molecule is CCc1nc(NC)cc(N(C)Cc2cccc(F)c2)n1. The van der Waals surface area contributed by atoms with E-state index in [2.05, 4.69) is 15.3 Å². The zero-order chi connectivity index (χ0) is 14.5. The van der Waals surface area contributed by atoms with Gasteiger partial charge in [0.2, 0.25) is 0 Å². The second kappa shape index (κ2) is 6.32. The van der Waals surface area contributed by atoms with Gasteiger partial charge in [0.05, 0.1) is 0 Å². The maximum atomic E-state index is 13.2. The maximum absolute atomic E-state index is 13.2. The van der Waals surface area contributed by atoms with Crippen LogP contribution in [0.1, 0.15) is 18.3 Å². The van der Waals surface area contributed by atoms with E-state index in [0.717, 1.165) is 29.4 Å². The van der Waals surface area contributed by atoms with Crippen molar-refractivity contribution in [1.82, 2.24) is 9.97 Å². The summed E-state index contributed by atoms with van der Waals surface area (Å²) in [6.07, 6.45) is 0.774. The van der Waals surface area contributed by atoms with Gasteiger partial charge in [0.25, 0.3) is 0 Å². The lowest BCUT2D eigenvalue weighted by atomic mass is 10.2. The van der Waals surface area contributed by atoms with Crippen molar-refractivity contribution in [3.63, 3.8) is 0 Å². The van der Waals surface area contributed by atoms with Crippen LogP contribution in [0.5, 0.6) is 0 Å². The number of nitrogens with one attached hydrogen (secondary N) is 1. The normalized spacial score (nSPS) is 10.4. The lowest BCUT2D eigenvalue weighted by molar-refractivity contribution is 0.625. The number of hydrogen-bond acceptors (Lipinski definition) is 4. The molecule has 1 aromatic heterocycles. The molecule has 1 heterocycles. The number of halogens is 1. The van der Waals surface area contributed by atoms with Crippen molar-refractivity contribution in [2.24, 2.45) is 0 Å². The Morgan fingerprint density at radius 1 is 1.25 bits per heavy atom.